The lowest BCUT2D eigenvalue weighted by Gasteiger charge is -2.07. The number of Topliss-reactive ketones (excluding diaryl/α,β-unsaturated/α-hetero) is 1. The summed E-state index contributed by atoms with van der Waals surface area (Å²) in [5.74, 6) is 0.979. The quantitative estimate of drug-likeness (QED) is 0.381. The van der Waals surface area contributed by atoms with Gasteiger partial charge in [0.15, 0.2) is 0 Å². The summed E-state index contributed by atoms with van der Waals surface area (Å²) in [4.78, 5) is 16.1. The molecule has 166 valence electrons. The fourth-order valence-corrected chi connectivity index (χ4v) is 3.73. The second kappa shape index (κ2) is 9.53. The molecule has 2 aromatic carbocycles. The van der Waals surface area contributed by atoms with Gasteiger partial charge in [-0.25, -0.2) is 4.85 Å². The average Bonchev–Trinajstić information content (AvgIpc) is 3.38. The molecule has 0 aliphatic heterocycles. The summed E-state index contributed by atoms with van der Waals surface area (Å²) in [5.41, 5.74) is 10.6. The number of hydrogen-bond donors (Lipinski definition) is 1. The third-order valence-electron chi connectivity index (χ3n) is 5.36. The Morgan fingerprint density at radius 1 is 1.09 bits per heavy atom. The first-order chi connectivity index (χ1) is 15.9. The maximum atomic E-state index is 12.6. The molecule has 4 aromatic rings. The Bertz CT molecular complexity index is 1290. The molecule has 7 heteroatoms. The van der Waals surface area contributed by atoms with Gasteiger partial charge in [0.1, 0.15) is 23.1 Å². The van der Waals surface area contributed by atoms with Crippen LogP contribution in [-0.4, -0.2) is 20.7 Å². The van der Waals surface area contributed by atoms with E-state index in [0.717, 1.165) is 22.4 Å². The Balaban J connectivity index is 1.40. The highest BCUT2D eigenvalue weighted by Crippen LogP contribution is 2.36. The molecule has 0 amide bonds. The van der Waals surface area contributed by atoms with Crippen LogP contribution in [0.15, 0.2) is 65.2 Å². The number of anilines is 1. The van der Waals surface area contributed by atoms with Gasteiger partial charge in [-0.05, 0) is 30.5 Å². The van der Waals surface area contributed by atoms with E-state index in [1.807, 2.05) is 74.5 Å². The van der Waals surface area contributed by atoms with Gasteiger partial charge in [-0.1, -0.05) is 59.8 Å². The lowest BCUT2D eigenvalue weighted by Crippen LogP contribution is -2.06. The zero-order valence-corrected chi connectivity index (χ0v) is 18.7. The molecule has 0 radical (unpaired) electrons. The smallest absolute Gasteiger partial charge is 0.254 e. The van der Waals surface area contributed by atoms with Crippen molar-refractivity contribution in [3.05, 3.63) is 94.7 Å². The van der Waals surface area contributed by atoms with Crippen molar-refractivity contribution in [1.82, 2.24) is 14.9 Å². The zero-order valence-electron chi connectivity index (χ0n) is 18.7. The number of nitrogens with two attached hydrogens (primary N) is 1. The first-order valence-electron chi connectivity index (χ1n) is 10.8. The van der Waals surface area contributed by atoms with E-state index >= 15 is 0 Å². The topological polar surface area (TPSA) is 91.3 Å². The third-order valence-corrected chi connectivity index (χ3v) is 5.36. The zero-order chi connectivity index (χ0) is 23.4. The van der Waals surface area contributed by atoms with Crippen LogP contribution in [0.4, 0.5) is 11.5 Å². The largest absolute Gasteiger partial charge is 0.393 e. The van der Waals surface area contributed by atoms with Gasteiger partial charge in [0.25, 0.3) is 5.69 Å². The molecule has 2 aromatic heterocycles. The van der Waals surface area contributed by atoms with E-state index in [-0.39, 0.29) is 24.7 Å². The number of benzene rings is 2. The number of carbonyl (C=O) groups is 1. The summed E-state index contributed by atoms with van der Waals surface area (Å²) < 4.78 is 7.02. The molecular formula is C26H25N5O2. The minimum atomic E-state index is 0.0420. The SMILES string of the molecule is [C-]#[N+]c1c(-c2ccc(CC(=O)Cc3cc(Cc4ccccc4)no3)cc2)nn(C(C)C)c1N. The van der Waals surface area contributed by atoms with Crippen molar-refractivity contribution in [2.75, 3.05) is 5.73 Å². The minimum absolute atomic E-state index is 0.0420. The summed E-state index contributed by atoms with van der Waals surface area (Å²) in [6.45, 7) is 11.4. The van der Waals surface area contributed by atoms with Gasteiger partial charge < -0.3 is 10.3 Å². The third kappa shape index (κ3) is 5.01. The molecule has 0 fully saturated rings. The summed E-state index contributed by atoms with van der Waals surface area (Å²) >= 11 is 0. The first-order valence-corrected chi connectivity index (χ1v) is 10.8. The molecule has 0 unspecified atom stereocenters. The van der Waals surface area contributed by atoms with Gasteiger partial charge in [-0.15, -0.1) is 0 Å². The van der Waals surface area contributed by atoms with Gasteiger partial charge in [-0.2, -0.15) is 5.10 Å². The number of rotatable bonds is 8. The maximum Gasteiger partial charge on any atom is 0.254 e. The van der Waals surface area contributed by atoms with Crippen LogP contribution in [0.3, 0.4) is 0 Å². The maximum absolute atomic E-state index is 12.6. The van der Waals surface area contributed by atoms with Gasteiger partial charge in [-0.3, -0.25) is 9.48 Å². The Morgan fingerprint density at radius 3 is 2.48 bits per heavy atom. The monoisotopic (exact) mass is 439 g/mol. The van der Waals surface area contributed by atoms with E-state index in [4.69, 9.17) is 16.8 Å². The number of aromatic nitrogens is 3. The van der Waals surface area contributed by atoms with E-state index in [1.54, 1.807) is 4.68 Å². The first kappa shape index (κ1) is 22.0. The Kier molecular flexibility index (Phi) is 6.36. The lowest BCUT2D eigenvalue weighted by atomic mass is 10.0. The van der Waals surface area contributed by atoms with Crippen LogP contribution in [0, 0.1) is 6.57 Å². The van der Waals surface area contributed by atoms with Crippen LogP contribution in [0.25, 0.3) is 16.1 Å². The molecule has 33 heavy (non-hydrogen) atoms. The van der Waals surface area contributed by atoms with Gasteiger partial charge >= 0.3 is 0 Å². The van der Waals surface area contributed by atoms with E-state index in [0.29, 0.717) is 29.4 Å². The molecule has 4 rings (SSSR count). The predicted molar refractivity (Wildman–Crippen MR) is 127 cm³/mol. The van der Waals surface area contributed by atoms with Crippen LogP contribution in [-0.2, 0) is 24.1 Å². The average molecular weight is 440 g/mol. The number of ketones is 1. The van der Waals surface area contributed by atoms with Crippen LogP contribution in [0.5, 0.6) is 0 Å². The predicted octanol–water partition coefficient (Wildman–Crippen LogP) is 5.20. The molecule has 0 spiro atoms. The van der Waals surface area contributed by atoms with Crippen molar-refractivity contribution in [2.45, 2.75) is 39.2 Å². The van der Waals surface area contributed by atoms with Gasteiger partial charge in [0.05, 0.1) is 18.7 Å². The minimum Gasteiger partial charge on any atom is -0.393 e. The molecule has 0 atom stereocenters. The molecule has 0 bridgehead atoms. The summed E-state index contributed by atoms with van der Waals surface area (Å²) in [5, 5.41) is 8.60. The Labute approximate surface area is 192 Å². The number of nitrogen functional groups attached to an aromatic ring is 1. The van der Waals surface area contributed by atoms with E-state index in [9.17, 15) is 4.79 Å². The lowest BCUT2D eigenvalue weighted by molar-refractivity contribution is -0.118. The van der Waals surface area contributed by atoms with E-state index in [1.165, 1.54) is 0 Å². The molecule has 2 heterocycles. The molecule has 0 saturated carbocycles. The highest BCUT2D eigenvalue weighted by Gasteiger charge is 2.19. The van der Waals surface area contributed by atoms with Crippen molar-refractivity contribution in [3.8, 4) is 11.3 Å². The number of hydrogen-bond acceptors (Lipinski definition) is 5. The highest BCUT2D eigenvalue weighted by molar-refractivity contribution is 5.84. The van der Waals surface area contributed by atoms with Crippen LogP contribution >= 0.6 is 0 Å². The fourth-order valence-electron chi connectivity index (χ4n) is 3.73. The fraction of sp³-hybridized carbons (Fsp3) is 0.231. The molecule has 7 nitrogen and oxygen atoms in total. The van der Waals surface area contributed by atoms with Crippen molar-refractivity contribution in [2.24, 2.45) is 0 Å². The summed E-state index contributed by atoms with van der Waals surface area (Å²) in [7, 11) is 0. The summed E-state index contributed by atoms with van der Waals surface area (Å²) in [6, 6.07) is 19.4. The number of nitrogens with zero attached hydrogens (tertiary/aromatic N) is 4. The van der Waals surface area contributed by atoms with E-state index in [2.05, 4.69) is 15.1 Å². The van der Waals surface area contributed by atoms with E-state index < -0.39 is 0 Å². The van der Waals surface area contributed by atoms with Crippen LogP contribution in [0.1, 0.15) is 42.5 Å². The van der Waals surface area contributed by atoms with Gasteiger partial charge in [0.2, 0.25) is 0 Å². The van der Waals surface area contributed by atoms with Gasteiger partial charge in [0, 0.05) is 24.9 Å². The standard InChI is InChI=1S/C26H25N5O2/c1-17(2)31-26(27)25(28-3)24(29-31)20-11-9-19(10-12-20)14-22(32)16-23-15-21(30-33-23)13-18-7-5-4-6-8-18/h4-12,15,17H,13-14,16,27H2,1-2H3. The second-order valence-corrected chi connectivity index (χ2v) is 8.27. The van der Waals surface area contributed by atoms with Crippen LogP contribution < -0.4 is 5.73 Å². The molecule has 0 aliphatic carbocycles. The molecule has 2 N–H and O–H groups in total. The van der Waals surface area contributed by atoms with Crippen molar-refractivity contribution < 1.29 is 9.32 Å². The normalized spacial score (nSPS) is 11.0. The molecular weight excluding hydrogens is 414 g/mol. The second-order valence-electron chi connectivity index (χ2n) is 8.27. The molecule has 0 aliphatic rings. The molecule has 0 saturated heterocycles. The van der Waals surface area contributed by atoms with Crippen LogP contribution in [0.2, 0.25) is 0 Å². The summed E-state index contributed by atoms with van der Waals surface area (Å²) in [6.07, 6.45) is 1.15. The number of carbonyl (C=O) groups excluding carboxylic acids is 1. The van der Waals surface area contributed by atoms with Crippen molar-refractivity contribution in [3.63, 3.8) is 0 Å². The van der Waals surface area contributed by atoms with Crippen molar-refractivity contribution >= 4 is 17.3 Å². The Morgan fingerprint density at radius 2 is 1.82 bits per heavy atom. The van der Waals surface area contributed by atoms with Crippen molar-refractivity contribution in [1.29, 1.82) is 0 Å². The Hall–Kier alpha value is -4.18. The highest BCUT2D eigenvalue weighted by atomic mass is 16.5.